The van der Waals surface area contributed by atoms with Crippen LogP contribution in [0.4, 0.5) is 23.3 Å². The van der Waals surface area contributed by atoms with Crippen molar-refractivity contribution in [3.63, 3.8) is 0 Å². The van der Waals surface area contributed by atoms with Crippen LogP contribution in [0.2, 0.25) is 0 Å². The van der Waals surface area contributed by atoms with Crippen LogP contribution in [0.1, 0.15) is 51.2 Å². The molecule has 158 valence electrons. The number of nitriles is 1. The Morgan fingerprint density at radius 2 is 1.83 bits per heavy atom. The molecule has 1 atom stereocenters. The fraction of sp³-hybridized carbons (Fsp3) is 0.524. The third kappa shape index (κ3) is 2.91. The zero-order valence-electron chi connectivity index (χ0n) is 17.6. The SMILES string of the molecule is CC(C)(C)N1C(=O)Cc2c1nc(N)c1c(N)nc(N3CCCC[C@@H]3CO)c(C#N)c21. The van der Waals surface area contributed by atoms with Crippen molar-refractivity contribution in [2.45, 2.75) is 58.0 Å². The van der Waals surface area contributed by atoms with Gasteiger partial charge in [-0.05, 0) is 40.0 Å². The molecule has 0 saturated carbocycles. The minimum absolute atomic E-state index is 0.0304. The summed E-state index contributed by atoms with van der Waals surface area (Å²) >= 11 is 0. The molecule has 9 heteroatoms. The molecule has 4 heterocycles. The number of aliphatic hydroxyl groups excluding tert-OH is 1. The van der Waals surface area contributed by atoms with Crippen molar-refractivity contribution in [2.24, 2.45) is 0 Å². The highest BCUT2D eigenvalue weighted by molar-refractivity contribution is 6.13. The van der Waals surface area contributed by atoms with Crippen LogP contribution in [-0.4, -0.2) is 45.7 Å². The summed E-state index contributed by atoms with van der Waals surface area (Å²) < 4.78 is 0. The van der Waals surface area contributed by atoms with E-state index >= 15 is 0 Å². The van der Waals surface area contributed by atoms with E-state index < -0.39 is 5.54 Å². The number of carbonyl (C=O) groups excluding carboxylic acids is 1. The van der Waals surface area contributed by atoms with Gasteiger partial charge in [-0.1, -0.05) is 0 Å². The number of hydrogen-bond donors (Lipinski definition) is 3. The fourth-order valence-electron chi connectivity index (χ4n) is 4.68. The zero-order chi connectivity index (χ0) is 21.8. The average Bonchev–Trinajstić information content (AvgIpc) is 3.03. The van der Waals surface area contributed by atoms with Gasteiger partial charge < -0.3 is 21.5 Å². The molecule has 1 amide bonds. The highest BCUT2D eigenvalue weighted by atomic mass is 16.3. The summed E-state index contributed by atoms with van der Waals surface area (Å²) in [4.78, 5) is 25.5. The Balaban J connectivity index is 2.05. The molecule has 1 fully saturated rings. The van der Waals surface area contributed by atoms with Gasteiger partial charge in [-0.15, -0.1) is 0 Å². The lowest BCUT2D eigenvalue weighted by Crippen LogP contribution is -2.44. The number of aliphatic hydroxyl groups is 1. The van der Waals surface area contributed by atoms with E-state index in [2.05, 4.69) is 16.0 Å². The van der Waals surface area contributed by atoms with Gasteiger partial charge in [0.2, 0.25) is 5.91 Å². The summed E-state index contributed by atoms with van der Waals surface area (Å²) in [5.41, 5.74) is 13.0. The largest absolute Gasteiger partial charge is 0.394 e. The molecule has 2 aliphatic heterocycles. The standard InChI is InChI=1S/C21H27N7O2/c1-21(2,3)28-14(30)8-12-15-13(9-22)19(27-7-5-4-6-11(27)10-29)25-17(23)16(15)18(24)26-20(12)28/h11,29H,4-8,10H2,1-3H3,(H2,23,25)(H2,24,26)/t11-/m1/s1. The third-order valence-electron chi connectivity index (χ3n) is 5.94. The first-order valence-electron chi connectivity index (χ1n) is 10.2. The molecule has 0 aliphatic carbocycles. The molecule has 9 nitrogen and oxygen atoms in total. The highest BCUT2D eigenvalue weighted by Gasteiger charge is 2.40. The molecule has 2 aromatic rings. The first-order valence-corrected chi connectivity index (χ1v) is 10.2. The molecule has 0 unspecified atom stereocenters. The molecule has 0 spiro atoms. The molecular weight excluding hydrogens is 382 g/mol. The number of rotatable bonds is 2. The number of anilines is 4. The Morgan fingerprint density at radius 3 is 2.43 bits per heavy atom. The summed E-state index contributed by atoms with van der Waals surface area (Å²) in [5.74, 6) is 1.15. The number of nitrogens with two attached hydrogens (primary N) is 2. The first-order chi connectivity index (χ1) is 14.2. The predicted octanol–water partition coefficient (Wildman–Crippen LogP) is 1.70. The van der Waals surface area contributed by atoms with Crippen molar-refractivity contribution >= 4 is 40.0 Å². The number of aromatic nitrogens is 2. The van der Waals surface area contributed by atoms with Crippen LogP contribution in [0.3, 0.4) is 0 Å². The monoisotopic (exact) mass is 409 g/mol. The maximum absolute atomic E-state index is 12.9. The Kier molecular flexibility index (Phi) is 4.70. The van der Waals surface area contributed by atoms with E-state index in [0.29, 0.717) is 40.1 Å². The Bertz CT molecular complexity index is 1080. The summed E-state index contributed by atoms with van der Waals surface area (Å²) in [6.45, 7) is 6.43. The maximum Gasteiger partial charge on any atom is 0.233 e. The van der Waals surface area contributed by atoms with E-state index in [-0.39, 0.29) is 36.6 Å². The fourth-order valence-corrected chi connectivity index (χ4v) is 4.68. The van der Waals surface area contributed by atoms with Gasteiger partial charge in [0, 0.05) is 23.0 Å². The Morgan fingerprint density at radius 1 is 1.17 bits per heavy atom. The van der Waals surface area contributed by atoms with Crippen LogP contribution in [0.15, 0.2) is 0 Å². The van der Waals surface area contributed by atoms with Gasteiger partial charge in [-0.2, -0.15) is 5.26 Å². The third-order valence-corrected chi connectivity index (χ3v) is 5.94. The van der Waals surface area contributed by atoms with E-state index in [1.54, 1.807) is 4.90 Å². The number of nitrogens with zero attached hydrogens (tertiary/aromatic N) is 5. The molecule has 30 heavy (non-hydrogen) atoms. The van der Waals surface area contributed by atoms with Crippen LogP contribution in [0.25, 0.3) is 10.8 Å². The van der Waals surface area contributed by atoms with Gasteiger partial charge >= 0.3 is 0 Å². The molecule has 2 aliphatic rings. The number of amides is 1. The molecule has 1 saturated heterocycles. The lowest BCUT2D eigenvalue weighted by Gasteiger charge is -2.36. The molecule has 5 N–H and O–H groups in total. The lowest BCUT2D eigenvalue weighted by molar-refractivity contribution is -0.118. The van der Waals surface area contributed by atoms with Crippen molar-refractivity contribution in [3.8, 4) is 6.07 Å². The molecule has 0 bridgehead atoms. The van der Waals surface area contributed by atoms with Crippen molar-refractivity contribution < 1.29 is 9.90 Å². The minimum Gasteiger partial charge on any atom is -0.394 e. The number of piperidine rings is 1. The van der Waals surface area contributed by atoms with Crippen molar-refractivity contribution in [1.82, 2.24) is 9.97 Å². The molecule has 0 radical (unpaired) electrons. The van der Waals surface area contributed by atoms with Crippen molar-refractivity contribution in [3.05, 3.63) is 11.1 Å². The number of pyridine rings is 2. The van der Waals surface area contributed by atoms with Gasteiger partial charge in [0.25, 0.3) is 0 Å². The minimum atomic E-state index is -0.488. The Hall–Kier alpha value is -3.12. The van der Waals surface area contributed by atoms with Gasteiger partial charge in [0.1, 0.15) is 34.9 Å². The van der Waals surface area contributed by atoms with E-state index in [4.69, 9.17) is 11.5 Å². The predicted molar refractivity (Wildman–Crippen MR) is 116 cm³/mol. The lowest BCUT2D eigenvalue weighted by atomic mass is 9.97. The normalized spacial score (nSPS) is 19.3. The van der Waals surface area contributed by atoms with E-state index in [0.717, 1.165) is 19.3 Å². The quantitative estimate of drug-likeness (QED) is 0.679. The van der Waals surface area contributed by atoms with E-state index in [1.165, 1.54) is 0 Å². The van der Waals surface area contributed by atoms with Gasteiger partial charge in [0.15, 0.2) is 0 Å². The number of fused-ring (bicyclic) bond motifs is 3. The van der Waals surface area contributed by atoms with E-state index in [9.17, 15) is 15.2 Å². The van der Waals surface area contributed by atoms with Gasteiger partial charge in [0.05, 0.1) is 24.5 Å². The zero-order valence-corrected chi connectivity index (χ0v) is 17.6. The van der Waals surface area contributed by atoms with Crippen LogP contribution in [0.5, 0.6) is 0 Å². The van der Waals surface area contributed by atoms with Crippen LogP contribution in [-0.2, 0) is 11.2 Å². The molecule has 4 rings (SSSR count). The smallest absolute Gasteiger partial charge is 0.233 e. The summed E-state index contributed by atoms with van der Waals surface area (Å²) in [6, 6.07) is 2.15. The summed E-state index contributed by atoms with van der Waals surface area (Å²) in [7, 11) is 0. The average molecular weight is 409 g/mol. The van der Waals surface area contributed by atoms with Crippen LogP contribution < -0.4 is 21.3 Å². The van der Waals surface area contributed by atoms with Gasteiger partial charge in [-0.25, -0.2) is 9.97 Å². The number of carbonyl (C=O) groups is 1. The van der Waals surface area contributed by atoms with E-state index in [1.807, 2.05) is 25.7 Å². The van der Waals surface area contributed by atoms with Crippen molar-refractivity contribution in [2.75, 3.05) is 34.4 Å². The summed E-state index contributed by atoms with van der Waals surface area (Å²) in [5, 5.41) is 21.0. The number of nitrogen functional groups attached to an aromatic ring is 2. The van der Waals surface area contributed by atoms with Gasteiger partial charge in [-0.3, -0.25) is 9.69 Å². The Labute approximate surface area is 175 Å². The molecule has 0 aromatic carbocycles. The topological polar surface area (TPSA) is 145 Å². The maximum atomic E-state index is 12.9. The summed E-state index contributed by atoms with van der Waals surface area (Å²) in [6.07, 6.45) is 2.88. The molecular formula is C21H27N7O2. The second-order valence-corrected chi connectivity index (χ2v) is 8.96. The molecule has 2 aromatic heterocycles. The second-order valence-electron chi connectivity index (χ2n) is 8.96. The highest BCUT2D eigenvalue weighted by Crippen LogP contribution is 2.44. The first kappa shape index (κ1) is 20.2. The van der Waals surface area contributed by atoms with Crippen molar-refractivity contribution in [1.29, 1.82) is 5.26 Å². The number of hydrogen-bond acceptors (Lipinski definition) is 8. The van der Waals surface area contributed by atoms with Crippen LogP contribution >= 0.6 is 0 Å². The second kappa shape index (κ2) is 6.99. The van der Waals surface area contributed by atoms with Crippen LogP contribution in [0, 0.1) is 11.3 Å².